The van der Waals surface area contributed by atoms with E-state index in [0.29, 0.717) is 5.39 Å². The number of nitrogens with zero attached hydrogens (tertiary/aromatic N) is 2. The summed E-state index contributed by atoms with van der Waals surface area (Å²) >= 11 is 0. The Morgan fingerprint density at radius 3 is 2.79 bits per heavy atom. The molecular weight excluding hydrogens is 252 g/mol. The van der Waals surface area contributed by atoms with E-state index < -0.39 is 10.9 Å². The molecule has 0 unspecified atom stereocenters. The van der Waals surface area contributed by atoms with E-state index in [0.717, 1.165) is 0 Å². The zero-order valence-electron chi connectivity index (χ0n) is 10.2. The van der Waals surface area contributed by atoms with Gasteiger partial charge in [-0.25, -0.2) is 4.98 Å². The van der Waals surface area contributed by atoms with Crippen LogP contribution in [0.4, 0.5) is 5.69 Å². The molecule has 1 aromatic heterocycles. The van der Waals surface area contributed by atoms with E-state index in [2.05, 4.69) is 4.98 Å². The smallest absolute Gasteiger partial charge is 0.308 e. The summed E-state index contributed by atoms with van der Waals surface area (Å²) < 4.78 is 10.1. The van der Waals surface area contributed by atoms with Crippen molar-refractivity contribution in [3.05, 3.63) is 34.5 Å². The minimum atomic E-state index is -0.560. The van der Waals surface area contributed by atoms with Crippen molar-refractivity contribution < 1.29 is 19.2 Å². The Hall–Kier alpha value is -2.70. The van der Waals surface area contributed by atoms with E-state index in [1.54, 1.807) is 12.1 Å². The lowest BCUT2D eigenvalue weighted by Crippen LogP contribution is -2.05. The largest absolute Gasteiger partial charge is 0.493 e. The number of methoxy groups -OCH3 is 1. The molecule has 1 heterocycles. The summed E-state index contributed by atoms with van der Waals surface area (Å²) in [4.78, 5) is 25.5. The number of nitro groups is 1. The third kappa shape index (κ3) is 2.30. The Morgan fingerprint density at radius 1 is 1.47 bits per heavy atom. The molecule has 0 N–H and O–H groups in total. The van der Waals surface area contributed by atoms with Gasteiger partial charge >= 0.3 is 5.97 Å². The van der Waals surface area contributed by atoms with E-state index in [1.807, 2.05) is 0 Å². The first-order valence-corrected chi connectivity index (χ1v) is 5.33. The molecule has 0 saturated heterocycles. The summed E-state index contributed by atoms with van der Waals surface area (Å²) in [6, 6.07) is 4.36. The first-order valence-electron chi connectivity index (χ1n) is 5.33. The van der Waals surface area contributed by atoms with Gasteiger partial charge in [-0.2, -0.15) is 0 Å². The van der Waals surface area contributed by atoms with Crippen molar-refractivity contribution in [2.75, 3.05) is 7.11 Å². The summed E-state index contributed by atoms with van der Waals surface area (Å²) in [7, 11) is 1.34. The lowest BCUT2D eigenvalue weighted by molar-refractivity contribution is -0.383. The minimum absolute atomic E-state index is 0.113. The number of non-ortho nitro benzene ring substituents is 1. The molecular formula is C12H10N2O5. The van der Waals surface area contributed by atoms with Crippen molar-refractivity contribution in [3.8, 4) is 11.5 Å². The Kier molecular flexibility index (Phi) is 3.28. The maximum Gasteiger partial charge on any atom is 0.308 e. The molecule has 98 valence electrons. The first-order chi connectivity index (χ1) is 9.04. The quantitative estimate of drug-likeness (QED) is 0.364. The van der Waals surface area contributed by atoms with Crippen LogP contribution in [-0.2, 0) is 4.79 Å². The fourth-order valence-corrected chi connectivity index (χ4v) is 1.72. The molecule has 2 aromatic rings. The van der Waals surface area contributed by atoms with Gasteiger partial charge in [0.05, 0.1) is 23.5 Å². The number of nitro benzene ring substituents is 1. The van der Waals surface area contributed by atoms with Crippen LogP contribution < -0.4 is 9.47 Å². The predicted octanol–water partition coefficient (Wildman–Crippen LogP) is 2.08. The minimum Gasteiger partial charge on any atom is -0.493 e. The molecule has 0 amide bonds. The van der Waals surface area contributed by atoms with E-state index in [-0.39, 0.29) is 22.7 Å². The van der Waals surface area contributed by atoms with Crippen LogP contribution in [0.2, 0.25) is 0 Å². The number of pyridine rings is 1. The van der Waals surface area contributed by atoms with Gasteiger partial charge in [-0.3, -0.25) is 14.9 Å². The number of benzene rings is 1. The normalized spacial score (nSPS) is 10.2. The second-order valence-electron chi connectivity index (χ2n) is 3.68. The van der Waals surface area contributed by atoms with Crippen molar-refractivity contribution in [1.29, 1.82) is 0 Å². The molecule has 0 aliphatic rings. The molecule has 0 fully saturated rings. The van der Waals surface area contributed by atoms with Crippen LogP contribution in [0.3, 0.4) is 0 Å². The number of rotatable bonds is 3. The van der Waals surface area contributed by atoms with Gasteiger partial charge in [-0.1, -0.05) is 0 Å². The van der Waals surface area contributed by atoms with Crippen molar-refractivity contribution >= 4 is 22.6 Å². The molecule has 7 nitrogen and oxygen atoms in total. The standard InChI is InChI=1S/C12H10N2O5/c1-7(15)19-12-8-4-3-5-13-11(8)9(14(16)17)6-10(12)18-2/h3-6H,1-2H3. The van der Waals surface area contributed by atoms with Gasteiger partial charge in [0.2, 0.25) is 0 Å². The monoisotopic (exact) mass is 262 g/mol. The summed E-state index contributed by atoms with van der Waals surface area (Å²) in [5.41, 5.74) is -0.0621. The van der Waals surface area contributed by atoms with E-state index in [4.69, 9.17) is 9.47 Å². The van der Waals surface area contributed by atoms with E-state index >= 15 is 0 Å². The first kappa shape index (κ1) is 12.7. The summed E-state index contributed by atoms with van der Waals surface area (Å²) in [5, 5.41) is 11.4. The number of hydrogen-bond donors (Lipinski definition) is 0. The molecule has 0 aliphatic carbocycles. The fraction of sp³-hybridized carbons (Fsp3) is 0.167. The number of carbonyl (C=O) groups is 1. The molecule has 0 aliphatic heterocycles. The second kappa shape index (κ2) is 4.89. The van der Waals surface area contributed by atoms with Gasteiger partial charge in [-0.05, 0) is 12.1 Å². The van der Waals surface area contributed by atoms with Gasteiger partial charge in [0.15, 0.2) is 17.0 Å². The van der Waals surface area contributed by atoms with Crippen LogP contribution in [0.15, 0.2) is 24.4 Å². The number of esters is 1. The highest BCUT2D eigenvalue weighted by Crippen LogP contribution is 2.40. The van der Waals surface area contributed by atoms with Gasteiger partial charge in [0, 0.05) is 13.1 Å². The molecule has 2 rings (SSSR count). The Morgan fingerprint density at radius 2 is 2.21 bits per heavy atom. The molecule has 0 bridgehead atoms. The molecule has 0 spiro atoms. The average molecular weight is 262 g/mol. The zero-order valence-corrected chi connectivity index (χ0v) is 10.2. The lowest BCUT2D eigenvalue weighted by Gasteiger charge is -2.10. The lowest BCUT2D eigenvalue weighted by atomic mass is 10.1. The zero-order chi connectivity index (χ0) is 14.0. The predicted molar refractivity (Wildman–Crippen MR) is 66.3 cm³/mol. The maximum atomic E-state index is 11.1. The van der Waals surface area contributed by atoms with E-state index in [9.17, 15) is 14.9 Å². The molecule has 0 atom stereocenters. The SMILES string of the molecule is COc1cc([N+](=O)[O-])c2ncccc2c1OC(C)=O. The van der Waals surface area contributed by atoms with Crippen LogP contribution in [-0.4, -0.2) is 23.0 Å². The number of carbonyl (C=O) groups excluding carboxylic acids is 1. The molecule has 7 heteroatoms. The third-order valence-electron chi connectivity index (χ3n) is 2.45. The molecule has 1 aromatic carbocycles. The van der Waals surface area contributed by atoms with Crippen molar-refractivity contribution in [2.45, 2.75) is 6.92 Å². The van der Waals surface area contributed by atoms with Crippen molar-refractivity contribution in [2.24, 2.45) is 0 Å². The summed E-state index contributed by atoms with van der Waals surface area (Å²) in [5.74, 6) is -0.302. The highest BCUT2D eigenvalue weighted by atomic mass is 16.6. The third-order valence-corrected chi connectivity index (χ3v) is 2.45. The molecule has 0 saturated carbocycles. The number of aromatic nitrogens is 1. The van der Waals surface area contributed by atoms with Crippen LogP contribution in [0.5, 0.6) is 11.5 Å². The van der Waals surface area contributed by atoms with Crippen molar-refractivity contribution in [3.63, 3.8) is 0 Å². The number of hydrogen-bond acceptors (Lipinski definition) is 6. The van der Waals surface area contributed by atoms with Crippen LogP contribution >= 0.6 is 0 Å². The fourth-order valence-electron chi connectivity index (χ4n) is 1.72. The molecule has 19 heavy (non-hydrogen) atoms. The highest BCUT2D eigenvalue weighted by molar-refractivity contribution is 5.96. The van der Waals surface area contributed by atoms with Crippen LogP contribution in [0.1, 0.15) is 6.92 Å². The maximum absolute atomic E-state index is 11.1. The number of ether oxygens (including phenoxy) is 2. The van der Waals surface area contributed by atoms with Crippen LogP contribution in [0, 0.1) is 10.1 Å². The molecule has 0 radical (unpaired) electrons. The van der Waals surface area contributed by atoms with Gasteiger partial charge in [0.25, 0.3) is 5.69 Å². The second-order valence-corrected chi connectivity index (χ2v) is 3.68. The van der Waals surface area contributed by atoms with Crippen molar-refractivity contribution in [1.82, 2.24) is 4.98 Å². The van der Waals surface area contributed by atoms with Gasteiger partial charge in [0.1, 0.15) is 0 Å². The van der Waals surface area contributed by atoms with Crippen LogP contribution in [0.25, 0.3) is 10.9 Å². The highest BCUT2D eigenvalue weighted by Gasteiger charge is 2.22. The summed E-state index contributed by atoms with van der Waals surface area (Å²) in [6.07, 6.45) is 1.43. The Labute approximate surface area is 107 Å². The van der Waals surface area contributed by atoms with E-state index in [1.165, 1.54) is 26.3 Å². The van der Waals surface area contributed by atoms with Gasteiger partial charge < -0.3 is 9.47 Å². The number of fused-ring (bicyclic) bond motifs is 1. The average Bonchev–Trinajstić information content (AvgIpc) is 2.38. The Balaban J connectivity index is 2.83. The topological polar surface area (TPSA) is 91.6 Å². The van der Waals surface area contributed by atoms with Gasteiger partial charge in [-0.15, -0.1) is 0 Å². The Bertz CT molecular complexity index is 668. The summed E-state index contributed by atoms with van der Waals surface area (Å²) in [6.45, 7) is 1.24.